The largest absolute Gasteiger partial charge is 0.306 e. The van der Waals surface area contributed by atoms with Crippen LogP contribution < -0.4 is 5.56 Å². The molecule has 1 aliphatic heterocycles. The highest BCUT2D eigenvalue weighted by Gasteiger charge is 2.20. The van der Waals surface area contributed by atoms with Crippen molar-refractivity contribution in [2.24, 2.45) is 5.92 Å². The fraction of sp³-hybridized carbons (Fsp3) is 0.500. The molecule has 0 bridgehead atoms. The van der Waals surface area contributed by atoms with Gasteiger partial charge in [-0.3, -0.25) is 9.36 Å². The Morgan fingerprint density at radius 3 is 2.95 bits per heavy atom. The van der Waals surface area contributed by atoms with Crippen molar-refractivity contribution in [2.75, 3.05) is 20.1 Å². The zero-order valence-electron chi connectivity index (χ0n) is 12.2. The van der Waals surface area contributed by atoms with Crippen LogP contribution in [0.3, 0.4) is 0 Å². The van der Waals surface area contributed by atoms with E-state index in [2.05, 4.69) is 23.9 Å². The fourth-order valence-electron chi connectivity index (χ4n) is 3.01. The van der Waals surface area contributed by atoms with E-state index in [4.69, 9.17) is 0 Å². The molecule has 1 aromatic carbocycles. The Morgan fingerprint density at radius 1 is 1.40 bits per heavy atom. The molecule has 106 valence electrons. The molecule has 3 rings (SSSR count). The van der Waals surface area contributed by atoms with Crippen LogP contribution in [-0.2, 0) is 13.0 Å². The Hall–Kier alpha value is -1.68. The van der Waals surface area contributed by atoms with Gasteiger partial charge in [-0.25, -0.2) is 4.98 Å². The standard InChI is InChI=1S/C16H21N3O/c1-3-12-4-5-15-14(8-12)16(20)19(11-17-15)10-13-6-7-18(2)9-13/h4-5,8,11,13H,3,6-7,9-10H2,1-2H3. The van der Waals surface area contributed by atoms with E-state index >= 15 is 0 Å². The molecule has 0 saturated carbocycles. The molecule has 2 heterocycles. The van der Waals surface area contributed by atoms with Crippen molar-refractivity contribution >= 4 is 10.9 Å². The lowest BCUT2D eigenvalue weighted by atomic mass is 10.1. The summed E-state index contributed by atoms with van der Waals surface area (Å²) in [7, 11) is 2.13. The van der Waals surface area contributed by atoms with Gasteiger partial charge in [0.1, 0.15) is 0 Å². The van der Waals surface area contributed by atoms with E-state index in [1.807, 2.05) is 18.2 Å². The number of likely N-dealkylation sites (tertiary alicyclic amines) is 1. The summed E-state index contributed by atoms with van der Waals surface area (Å²) >= 11 is 0. The highest BCUT2D eigenvalue weighted by atomic mass is 16.1. The van der Waals surface area contributed by atoms with E-state index in [9.17, 15) is 4.79 Å². The number of aryl methyl sites for hydroxylation is 1. The second kappa shape index (κ2) is 5.37. The quantitative estimate of drug-likeness (QED) is 0.856. The molecule has 1 aliphatic rings. The van der Waals surface area contributed by atoms with Gasteiger partial charge >= 0.3 is 0 Å². The molecule has 1 atom stereocenters. The van der Waals surface area contributed by atoms with Crippen LogP contribution in [0.5, 0.6) is 0 Å². The maximum absolute atomic E-state index is 12.6. The maximum Gasteiger partial charge on any atom is 0.261 e. The molecular weight excluding hydrogens is 250 g/mol. The summed E-state index contributed by atoms with van der Waals surface area (Å²) in [6.45, 7) is 5.08. The highest BCUT2D eigenvalue weighted by Crippen LogP contribution is 2.16. The van der Waals surface area contributed by atoms with Gasteiger partial charge in [-0.05, 0) is 50.0 Å². The first-order chi connectivity index (χ1) is 9.67. The van der Waals surface area contributed by atoms with Crippen LogP contribution in [0.1, 0.15) is 18.9 Å². The van der Waals surface area contributed by atoms with Gasteiger partial charge < -0.3 is 4.90 Å². The first-order valence-electron chi connectivity index (χ1n) is 7.34. The summed E-state index contributed by atoms with van der Waals surface area (Å²) in [4.78, 5) is 19.3. The number of nitrogens with zero attached hydrogens (tertiary/aromatic N) is 3. The summed E-state index contributed by atoms with van der Waals surface area (Å²) < 4.78 is 1.78. The van der Waals surface area contributed by atoms with Gasteiger partial charge in [0.25, 0.3) is 5.56 Å². The number of hydrogen-bond acceptors (Lipinski definition) is 3. The number of aromatic nitrogens is 2. The van der Waals surface area contributed by atoms with Crippen molar-refractivity contribution in [1.29, 1.82) is 0 Å². The predicted molar refractivity (Wildman–Crippen MR) is 81.0 cm³/mol. The zero-order chi connectivity index (χ0) is 14.1. The van der Waals surface area contributed by atoms with Gasteiger partial charge in [0.15, 0.2) is 0 Å². The lowest BCUT2D eigenvalue weighted by molar-refractivity contribution is 0.375. The third-order valence-corrected chi connectivity index (χ3v) is 4.24. The Morgan fingerprint density at radius 2 is 2.25 bits per heavy atom. The minimum Gasteiger partial charge on any atom is -0.306 e. The predicted octanol–water partition coefficient (Wildman–Crippen LogP) is 1.91. The molecule has 0 aliphatic carbocycles. The van der Waals surface area contributed by atoms with Gasteiger partial charge in [-0.2, -0.15) is 0 Å². The second-order valence-corrected chi connectivity index (χ2v) is 5.82. The molecule has 0 radical (unpaired) electrons. The topological polar surface area (TPSA) is 38.1 Å². The minimum absolute atomic E-state index is 0.0971. The average Bonchev–Trinajstić information content (AvgIpc) is 2.87. The van der Waals surface area contributed by atoms with Crippen LogP contribution in [-0.4, -0.2) is 34.6 Å². The average molecular weight is 271 g/mol. The van der Waals surface area contributed by atoms with Crippen molar-refractivity contribution in [3.8, 4) is 0 Å². The van der Waals surface area contributed by atoms with E-state index in [0.717, 1.165) is 43.4 Å². The number of fused-ring (bicyclic) bond motifs is 1. The molecule has 1 unspecified atom stereocenters. The van der Waals surface area contributed by atoms with E-state index in [-0.39, 0.29) is 5.56 Å². The van der Waals surface area contributed by atoms with Crippen molar-refractivity contribution < 1.29 is 0 Å². The van der Waals surface area contributed by atoms with Gasteiger partial charge in [-0.15, -0.1) is 0 Å². The van der Waals surface area contributed by atoms with E-state index < -0.39 is 0 Å². The van der Waals surface area contributed by atoms with Gasteiger partial charge in [0, 0.05) is 13.1 Å². The second-order valence-electron chi connectivity index (χ2n) is 5.82. The lowest BCUT2D eigenvalue weighted by Gasteiger charge is -2.13. The van der Waals surface area contributed by atoms with Crippen molar-refractivity contribution in [2.45, 2.75) is 26.3 Å². The molecule has 4 nitrogen and oxygen atoms in total. The number of rotatable bonds is 3. The van der Waals surface area contributed by atoms with Crippen LogP contribution in [0.15, 0.2) is 29.3 Å². The molecular formula is C16H21N3O. The van der Waals surface area contributed by atoms with Crippen LogP contribution in [0.25, 0.3) is 10.9 Å². The van der Waals surface area contributed by atoms with Crippen molar-refractivity contribution in [3.05, 3.63) is 40.4 Å². The molecule has 4 heteroatoms. The van der Waals surface area contributed by atoms with Crippen LogP contribution in [0.2, 0.25) is 0 Å². The molecule has 0 N–H and O–H groups in total. The highest BCUT2D eigenvalue weighted by molar-refractivity contribution is 5.78. The summed E-state index contributed by atoms with van der Waals surface area (Å²) in [5.41, 5.74) is 2.08. The third kappa shape index (κ3) is 2.48. The van der Waals surface area contributed by atoms with Crippen LogP contribution in [0, 0.1) is 5.92 Å². The number of hydrogen-bond donors (Lipinski definition) is 0. The van der Waals surface area contributed by atoms with E-state index in [1.54, 1.807) is 10.9 Å². The Labute approximate surface area is 119 Å². The summed E-state index contributed by atoms with van der Waals surface area (Å²) in [5.74, 6) is 0.561. The Kier molecular flexibility index (Phi) is 3.57. The molecule has 2 aromatic rings. The smallest absolute Gasteiger partial charge is 0.261 e. The molecule has 0 amide bonds. The zero-order valence-corrected chi connectivity index (χ0v) is 12.2. The van der Waals surface area contributed by atoms with Crippen LogP contribution >= 0.6 is 0 Å². The molecule has 20 heavy (non-hydrogen) atoms. The van der Waals surface area contributed by atoms with E-state index in [1.165, 1.54) is 5.56 Å². The number of benzene rings is 1. The summed E-state index contributed by atoms with van der Waals surface area (Å²) in [6.07, 6.45) is 3.81. The van der Waals surface area contributed by atoms with Crippen molar-refractivity contribution in [1.82, 2.24) is 14.5 Å². The fourth-order valence-corrected chi connectivity index (χ4v) is 3.01. The molecule has 1 fully saturated rings. The third-order valence-electron chi connectivity index (χ3n) is 4.24. The minimum atomic E-state index is 0.0971. The molecule has 0 spiro atoms. The van der Waals surface area contributed by atoms with E-state index in [0.29, 0.717) is 5.92 Å². The summed E-state index contributed by atoms with van der Waals surface area (Å²) in [5, 5.41) is 0.748. The van der Waals surface area contributed by atoms with Gasteiger partial charge in [0.05, 0.1) is 17.2 Å². The monoisotopic (exact) mass is 271 g/mol. The van der Waals surface area contributed by atoms with Crippen LogP contribution in [0.4, 0.5) is 0 Å². The molecule has 1 aromatic heterocycles. The van der Waals surface area contributed by atoms with Gasteiger partial charge in [0.2, 0.25) is 0 Å². The SMILES string of the molecule is CCc1ccc2ncn(CC3CCN(C)C3)c(=O)c2c1. The van der Waals surface area contributed by atoms with Gasteiger partial charge in [-0.1, -0.05) is 13.0 Å². The molecule has 1 saturated heterocycles. The first-order valence-corrected chi connectivity index (χ1v) is 7.34. The lowest BCUT2D eigenvalue weighted by Crippen LogP contribution is -2.25. The maximum atomic E-state index is 12.6. The first kappa shape index (κ1) is 13.3. The van der Waals surface area contributed by atoms with Crippen molar-refractivity contribution in [3.63, 3.8) is 0 Å². The summed E-state index contributed by atoms with van der Waals surface area (Å²) in [6, 6.07) is 5.98. The Balaban J connectivity index is 1.95. The normalized spacial score (nSPS) is 19.8. The Bertz CT molecular complexity index is 677.